The monoisotopic (exact) mass is 189 g/mol. The van der Waals surface area contributed by atoms with Crippen LogP contribution in [0.5, 0.6) is 0 Å². The number of ketones is 1. The number of nitrogens with zero attached hydrogens (tertiary/aromatic N) is 1. The predicted octanol–water partition coefficient (Wildman–Crippen LogP) is 3.06. The minimum Gasteiger partial charge on any atom is -0.293 e. The molecule has 0 amide bonds. The first-order valence-electron chi connectivity index (χ1n) is 4.74. The Hall–Kier alpha value is -1.62. The van der Waals surface area contributed by atoms with E-state index in [9.17, 15) is 4.79 Å². The highest BCUT2D eigenvalue weighted by Gasteiger charge is 2.12. The highest BCUT2D eigenvalue weighted by Crippen LogP contribution is 2.06. The number of rotatable bonds is 2. The van der Waals surface area contributed by atoms with Crippen LogP contribution >= 0.6 is 0 Å². The number of hydrogen-bond acceptors (Lipinski definition) is 2. The molecule has 0 saturated carbocycles. The number of carbonyl (C=O) groups excluding carboxylic acids is 1. The van der Waals surface area contributed by atoms with Crippen molar-refractivity contribution in [2.45, 2.75) is 20.8 Å². The van der Waals surface area contributed by atoms with E-state index in [1.54, 1.807) is 31.2 Å². The lowest BCUT2D eigenvalue weighted by molar-refractivity contribution is 0.0956. The molecule has 1 aromatic rings. The zero-order valence-corrected chi connectivity index (χ0v) is 8.82. The van der Waals surface area contributed by atoms with Crippen LogP contribution in [0, 0.1) is 17.2 Å². The van der Waals surface area contributed by atoms with Gasteiger partial charge in [0.15, 0.2) is 5.78 Å². The highest BCUT2D eigenvalue weighted by molar-refractivity contribution is 5.98. The Bertz CT molecular complexity index is 311. The molecule has 0 aliphatic rings. The molecule has 2 nitrogen and oxygen atoms in total. The molecule has 0 aromatic heterocycles. The van der Waals surface area contributed by atoms with Crippen molar-refractivity contribution in [1.82, 2.24) is 0 Å². The smallest absolute Gasteiger partial charge is 0.179 e. The van der Waals surface area contributed by atoms with E-state index in [1.165, 1.54) is 0 Å². The summed E-state index contributed by atoms with van der Waals surface area (Å²) in [5.74, 6) is -0.662. The molecule has 0 heterocycles. The van der Waals surface area contributed by atoms with Crippen LogP contribution < -0.4 is 0 Å². The Kier molecular flexibility index (Phi) is 6.06. The van der Waals surface area contributed by atoms with Crippen LogP contribution in [0.15, 0.2) is 30.3 Å². The molecule has 0 radical (unpaired) electrons. The second-order valence-corrected chi connectivity index (χ2v) is 2.58. The van der Waals surface area contributed by atoms with Crippen LogP contribution in [0.1, 0.15) is 31.1 Å². The van der Waals surface area contributed by atoms with Gasteiger partial charge in [-0.15, -0.1) is 0 Å². The molecule has 0 aliphatic heterocycles. The van der Waals surface area contributed by atoms with Gasteiger partial charge in [-0.25, -0.2) is 0 Å². The van der Waals surface area contributed by atoms with Gasteiger partial charge < -0.3 is 0 Å². The molecule has 1 unspecified atom stereocenters. The van der Waals surface area contributed by atoms with Crippen molar-refractivity contribution in [3.05, 3.63) is 35.9 Å². The summed E-state index contributed by atoms with van der Waals surface area (Å²) >= 11 is 0. The quantitative estimate of drug-likeness (QED) is 0.671. The molecule has 74 valence electrons. The molecule has 0 saturated heterocycles. The first-order valence-corrected chi connectivity index (χ1v) is 4.74. The first kappa shape index (κ1) is 12.4. The Balaban J connectivity index is 0.000000791. The number of Topliss-reactive ketones (excluding diaryl/α,β-unsaturated/α-hetero) is 1. The average molecular weight is 189 g/mol. The summed E-state index contributed by atoms with van der Waals surface area (Å²) in [4.78, 5) is 11.4. The highest BCUT2D eigenvalue weighted by atomic mass is 16.1. The van der Waals surface area contributed by atoms with Crippen molar-refractivity contribution < 1.29 is 4.79 Å². The summed E-state index contributed by atoms with van der Waals surface area (Å²) in [7, 11) is 0. The van der Waals surface area contributed by atoms with Gasteiger partial charge in [-0.2, -0.15) is 5.26 Å². The zero-order valence-electron chi connectivity index (χ0n) is 8.82. The molecular formula is C12H15NO. The van der Waals surface area contributed by atoms with E-state index in [2.05, 4.69) is 0 Å². The summed E-state index contributed by atoms with van der Waals surface area (Å²) in [6, 6.07) is 10.8. The van der Waals surface area contributed by atoms with Crippen LogP contribution in [-0.4, -0.2) is 5.78 Å². The van der Waals surface area contributed by atoms with Crippen LogP contribution in [0.2, 0.25) is 0 Å². The lowest BCUT2D eigenvalue weighted by Gasteiger charge is -1.99. The van der Waals surface area contributed by atoms with Gasteiger partial charge >= 0.3 is 0 Å². The third-order valence-electron chi connectivity index (χ3n) is 1.65. The minimum atomic E-state index is -0.549. The lowest BCUT2D eigenvalue weighted by Crippen LogP contribution is -2.08. The molecule has 0 bridgehead atoms. The van der Waals surface area contributed by atoms with Crippen molar-refractivity contribution in [1.29, 1.82) is 5.26 Å². The Labute approximate surface area is 85.2 Å². The van der Waals surface area contributed by atoms with Gasteiger partial charge in [-0.1, -0.05) is 44.2 Å². The van der Waals surface area contributed by atoms with E-state index in [-0.39, 0.29) is 5.78 Å². The van der Waals surface area contributed by atoms with Crippen molar-refractivity contribution in [2.75, 3.05) is 0 Å². The van der Waals surface area contributed by atoms with Crippen LogP contribution in [0.25, 0.3) is 0 Å². The zero-order chi connectivity index (χ0) is 11.0. The summed E-state index contributed by atoms with van der Waals surface area (Å²) in [5.41, 5.74) is 0.603. The summed E-state index contributed by atoms with van der Waals surface area (Å²) in [6.45, 7) is 5.61. The Morgan fingerprint density at radius 1 is 1.29 bits per heavy atom. The molecule has 2 heteroatoms. The number of carbonyl (C=O) groups is 1. The lowest BCUT2D eigenvalue weighted by atomic mass is 10.0. The van der Waals surface area contributed by atoms with E-state index in [0.717, 1.165) is 0 Å². The van der Waals surface area contributed by atoms with E-state index in [1.807, 2.05) is 26.0 Å². The van der Waals surface area contributed by atoms with Gasteiger partial charge in [0.1, 0.15) is 5.92 Å². The van der Waals surface area contributed by atoms with E-state index in [0.29, 0.717) is 5.56 Å². The van der Waals surface area contributed by atoms with E-state index >= 15 is 0 Å². The average Bonchev–Trinajstić information content (AvgIpc) is 2.31. The maximum absolute atomic E-state index is 11.4. The predicted molar refractivity (Wildman–Crippen MR) is 56.9 cm³/mol. The van der Waals surface area contributed by atoms with E-state index < -0.39 is 5.92 Å². The van der Waals surface area contributed by atoms with Crippen LogP contribution in [0.3, 0.4) is 0 Å². The number of benzene rings is 1. The summed E-state index contributed by atoms with van der Waals surface area (Å²) in [6.07, 6.45) is 0. The van der Waals surface area contributed by atoms with Gasteiger partial charge in [-0.3, -0.25) is 4.79 Å². The molecule has 0 N–H and O–H groups in total. The second kappa shape index (κ2) is 6.85. The molecule has 1 aromatic carbocycles. The molecular weight excluding hydrogens is 174 g/mol. The SMILES string of the molecule is CC.CC(C#N)C(=O)c1ccccc1. The fraction of sp³-hybridized carbons (Fsp3) is 0.333. The molecule has 0 aliphatic carbocycles. The standard InChI is InChI=1S/C10H9NO.C2H6/c1-8(7-11)10(12)9-5-3-2-4-6-9;1-2/h2-6,8H,1H3;1-2H3. The van der Waals surface area contributed by atoms with E-state index in [4.69, 9.17) is 5.26 Å². The molecule has 1 atom stereocenters. The van der Waals surface area contributed by atoms with Gasteiger partial charge in [0.05, 0.1) is 6.07 Å². The Morgan fingerprint density at radius 2 is 1.79 bits per heavy atom. The number of hydrogen-bond donors (Lipinski definition) is 0. The Morgan fingerprint density at radius 3 is 2.21 bits per heavy atom. The van der Waals surface area contributed by atoms with Crippen molar-refractivity contribution in [3.63, 3.8) is 0 Å². The summed E-state index contributed by atoms with van der Waals surface area (Å²) < 4.78 is 0. The molecule has 14 heavy (non-hydrogen) atoms. The normalized spacial score (nSPS) is 10.4. The molecule has 1 rings (SSSR count). The fourth-order valence-corrected chi connectivity index (χ4v) is 0.911. The van der Waals surface area contributed by atoms with Gasteiger partial charge in [0, 0.05) is 5.56 Å². The van der Waals surface area contributed by atoms with Crippen LogP contribution in [0.4, 0.5) is 0 Å². The second-order valence-electron chi connectivity index (χ2n) is 2.58. The van der Waals surface area contributed by atoms with Crippen molar-refractivity contribution in [3.8, 4) is 6.07 Å². The minimum absolute atomic E-state index is 0.113. The number of nitriles is 1. The fourth-order valence-electron chi connectivity index (χ4n) is 0.911. The topological polar surface area (TPSA) is 40.9 Å². The maximum Gasteiger partial charge on any atom is 0.179 e. The largest absolute Gasteiger partial charge is 0.293 e. The van der Waals surface area contributed by atoms with Gasteiger partial charge in [0.25, 0.3) is 0 Å². The third-order valence-corrected chi connectivity index (χ3v) is 1.65. The summed E-state index contributed by atoms with van der Waals surface area (Å²) in [5, 5.41) is 8.50. The molecule has 0 spiro atoms. The first-order chi connectivity index (χ1) is 6.75. The van der Waals surface area contributed by atoms with Crippen molar-refractivity contribution >= 4 is 5.78 Å². The van der Waals surface area contributed by atoms with Crippen molar-refractivity contribution in [2.24, 2.45) is 5.92 Å². The van der Waals surface area contributed by atoms with Crippen LogP contribution in [-0.2, 0) is 0 Å². The maximum atomic E-state index is 11.4. The van der Waals surface area contributed by atoms with Gasteiger partial charge in [0.2, 0.25) is 0 Å². The van der Waals surface area contributed by atoms with Gasteiger partial charge in [-0.05, 0) is 6.92 Å². The molecule has 0 fully saturated rings. The third kappa shape index (κ3) is 3.40.